The summed E-state index contributed by atoms with van der Waals surface area (Å²) >= 11 is 1.51. The van der Waals surface area contributed by atoms with E-state index >= 15 is 0 Å². The van der Waals surface area contributed by atoms with Crippen molar-refractivity contribution in [3.8, 4) is 11.5 Å². The minimum Gasteiger partial charge on any atom is -0.497 e. The number of carbonyl (C=O) groups is 1. The van der Waals surface area contributed by atoms with E-state index in [9.17, 15) is 4.79 Å². The largest absolute Gasteiger partial charge is 0.497 e. The van der Waals surface area contributed by atoms with Crippen LogP contribution in [-0.2, 0) is 11.3 Å². The van der Waals surface area contributed by atoms with Crippen molar-refractivity contribution >= 4 is 22.4 Å². The monoisotopic (exact) mass is 360 g/mol. The zero-order valence-electron chi connectivity index (χ0n) is 14.0. The third-order valence-corrected chi connectivity index (χ3v) is 5.40. The van der Waals surface area contributed by atoms with Gasteiger partial charge in [0, 0.05) is 31.5 Å². The van der Waals surface area contributed by atoms with Crippen molar-refractivity contribution in [1.82, 2.24) is 4.90 Å². The molecule has 1 aromatic carbocycles. The summed E-state index contributed by atoms with van der Waals surface area (Å²) in [6.45, 7) is 1.69. The van der Waals surface area contributed by atoms with E-state index in [1.165, 1.54) is 11.3 Å². The zero-order chi connectivity index (χ0) is 17.3. The van der Waals surface area contributed by atoms with Crippen LogP contribution in [0.4, 0.5) is 9.80 Å². The second kappa shape index (κ2) is 6.57. The van der Waals surface area contributed by atoms with E-state index in [4.69, 9.17) is 14.2 Å². The number of urea groups is 1. The summed E-state index contributed by atoms with van der Waals surface area (Å²) in [6.07, 6.45) is 1.30. The molecule has 4 rings (SSSR count). The maximum absolute atomic E-state index is 12.3. The van der Waals surface area contributed by atoms with Gasteiger partial charge >= 0.3 is 6.03 Å². The standard InChI is InChI=1S/C18H20N2O4S/c1-22-14-4-5-15-13(11-14)12-23-18(24-15)6-8-20(9-7-18)17(21)19-16-3-2-10-25-16/h2-5,10-11H,6-9,12H2,1H3,(H,19,21). The number of amides is 2. The molecule has 0 unspecified atom stereocenters. The van der Waals surface area contributed by atoms with E-state index in [1.54, 1.807) is 12.0 Å². The highest BCUT2D eigenvalue weighted by molar-refractivity contribution is 7.14. The molecule has 0 atom stereocenters. The Kier molecular flexibility index (Phi) is 4.27. The molecule has 0 saturated carbocycles. The van der Waals surface area contributed by atoms with Crippen molar-refractivity contribution in [2.24, 2.45) is 0 Å². The maximum Gasteiger partial charge on any atom is 0.322 e. The molecular weight excluding hydrogens is 340 g/mol. The summed E-state index contributed by atoms with van der Waals surface area (Å²) in [5, 5.41) is 5.72. The lowest BCUT2D eigenvalue weighted by Crippen LogP contribution is -2.53. The van der Waals surface area contributed by atoms with Gasteiger partial charge in [-0.1, -0.05) is 0 Å². The molecule has 25 heavy (non-hydrogen) atoms. The van der Waals surface area contributed by atoms with E-state index < -0.39 is 5.79 Å². The average molecular weight is 360 g/mol. The number of thiophene rings is 1. The Balaban J connectivity index is 1.39. The number of benzene rings is 1. The van der Waals surface area contributed by atoms with E-state index in [-0.39, 0.29) is 6.03 Å². The number of likely N-dealkylation sites (tertiary alicyclic amines) is 1. The predicted octanol–water partition coefficient (Wildman–Crippen LogP) is 3.69. The topological polar surface area (TPSA) is 60.0 Å². The highest BCUT2D eigenvalue weighted by atomic mass is 32.1. The molecule has 2 aliphatic rings. The molecule has 0 radical (unpaired) electrons. The van der Waals surface area contributed by atoms with Gasteiger partial charge < -0.3 is 19.1 Å². The Labute approximate surface area is 150 Å². The smallest absolute Gasteiger partial charge is 0.322 e. The van der Waals surface area contributed by atoms with Gasteiger partial charge in [0.15, 0.2) is 0 Å². The van der Waals surface area contributed by atoms with Crippen molar-refractivity contribution < 1.29 is 19.0 Å². The van der Waals surface area contributed by atoms with Gasteiger partial charge in [0.1, 0.15) is 11.5 Å². The van der Waals surface area contributed by atoms with Crippen molar-refractivity contribution in [1.29, 1.82) is 0 Å². The lowest BCUT2D eigenvalue weighted by molar-refractivity contribution is -0.225. The molecule has 1 saturated heterocycles. The molecule has 1 fully saturated rings. The Morgan fingerprint density at radius 1 is 1.32 bits per heavy atom. The molecule has 1 aromatic heterocycles. The number of hydrogen-bond donors (Lipinski definition) is 1. The first-order chi connectivity index (χ1) is 12.2. The molecule has 2 amide bonds. The van der Waals surface area contributed by atoms with Gasteiger partial charge in [-0.2, -0.15) is 0 Å². The quantitative estimate of drug-likeness (QED) is 0.887. The number of hydrogen-bond acceptors (Lipinski definition) is 5. The second-order valence-corrected chi connectivity index (χ2v) is 7.12. The van der Waals surface area contributed by atoms with Crippen molar-refractivity contribution in [2.75, 3.05) is 25.5 Å². The molecule has 0 aliphatic carbocycles. The fraction of sp³-hybridized carbons (Fsp3) is 0.389. The van der Waals surface area contributed by atoms with Crippen LogP contribution in [0.25, 0.3) is 0 Å². The summed E-state index contributed by atoms with van der Waals surface area (Å²) in [4.78, 5) is 14.1. The van der Waals surface area contributed by atoms with E-state index in [2.05, 4.69) is 5.32 Å². The fourth-order valence-electron chi connectivity index (χ4n) is 3.17. The number of carbonyl (C=O) groups excluding carboxylic acids is 1. The first-order valence-electron chi connectivity index (χ1n) is 8.27. The lowest BCUT2D eigenvalue weighted by atomic mass is 10.0. The zero-order valence-corrected chi connectivity index (χ0v) is 14.8. The van der Waals surface area contributed by atoms with Crippen LogP contribution >= 0.6 is 11.3 Å². The predicted molar refractivity (Wildman–Crippen MR) is 95.3 cm³/mol. The third-order valence-electron chi connectivity index (χ3n) is 4.62. The van der Waals surface area contributed by atoms with Gasteiger partial charge in [-0.3, -0.25) is 5.32 Å². The number of fused-ring (bicyclic) bond motifs is 1. The average Bonchev–Trinajstić information content (AvgIpc) is 3.15. The molecule has 3 heterocycles. The second-order valence-electron chi connectivity index (χ2n) is 6.17. The molecule has 1 N–H and O–H groups in total. The van der Waals surface area contributed by atoms with Gasteiger partial charge in [-0.05, 0) is 35.7 Å². The van der Waals surface area contributed by atoms with Crippen LogP contribution in [0.15, 0.2) is 35.7 Å². The highest BCUT2D eigenvalue weighted by Crippen LogP contribution is 2.38. The lowest BCUT2D eigenvalue weighted by Gasteiger charge is -2.43. The van der Waals surface area contributed by atoms with E-state index in [0.29, 0.717) is 32.5 Å². The van der Waals surface area contributed by atoms with Crippen LogP contribution in [0.5, 0.6) is 11.5 Å². The Morgan fingerprint density at radius 3 is 2.88 bits per heavy atom. The summed E-state index contributed by atoms with van der Waals surface area (Å²) in [7, 11) is 1.64. The molecule has 1 spiro atoms. The van der Waals surface area contributed by atoms with Crippen molar-refractivity contribution in [3.63, 3.8) is 0 Å². The van der Waals surface area contributed by atoms with Crippen LogP contribution in [-0.4, -0.2) is 36.9 Å². The van der Waals surface area contributed by atoms with Crippen LogP contribution < -0.4 is 14.8 Å². The van der Waals surface area contributed by atoms with Gasteiger partial charge in [0.05, 0.1) is 18.7 Å². The molecule has 7 heteroatoms. The maximum atomic E-state index is 12.3. The summed E-state index contributed by atoms with van der Waals surface area (Å²) < 4.78 is 17.4. The summed E-state index contributed by atoms with van der Waals surface area (Å²) in [5.41, 5.74) is 0.989. The number of methoxy groups -OCH3 is 1. The minimum atomic E-state index is -0.638. The van der Waals surface area contributed by atoms with E-state index in [0.717, 1.165) is 22.1 Å². The number of piperidine rings is 1. The summed E-state index contributed by atoms with van der Waals surface area (Å²) in [6, 6.07) is 9.49. The molecule has 0 bridgehead atoms. The van der Waals surface area contributed by atoms with Gasteiger partial charge in [0.25, 0.3) is 0 Å². The number of rotatable bonds is 2. The van der Waals surface area contributed by atoms with Crippen LogP contribution in [0.2, 0.25) is 0 Å². The highest BCUT2D eigenvalue weighted by Gasteiger charge is 2.42. The Bertz CT molecular complexity index is 754. The van der Waals surface area contributed by atoms with Gasteiger partial charge in [-0.15, -0.1) is 11.3 Å². The third kappa shape index (κ3) is 3.29. The minimum absolute atomic E-state index is 0.0711. The van der Waals surface area contributed by atoms with Crippen LogP contribution in [0, 0.1) is 0 Å². The Hall–Kier alpha value is -2.25. The van der Waals surface area contributed by atoms with Crippen molar-refractivity contribution in [2.45, 2.75) is 25.2 Å². The normalized spacial score (nSPS) is 18.4. The number of nitrogens with one attached hydrogen (secondary N) is 1. The van der Waals surface area contributed by atoms with Crippen molar-refractivity contribution in [3.05, 3.63) is 41.3 Å². The molecule has 6 nitrogen and oxygen atoms in total. The first-order valence-corrected chi connectivity index (χ1v) is 9.15. The molecular formula is C18H20N2O4S. The van der Waals surface area contributed by atoms with Gasteiger partial charge in [-0.25, -0.2) is 4.79 Å². The Morgan fingerprint density at radius 2 is 2.16 bits per heavy atom. The molecule has 132 valence electrons. The SMILES string of the molecule is COc1ccc2c(c1)COC1(CCN(C(=O)Nc3cccs3)CC1)O2. The van der Waals surface area contributed by atoms with Gasteiger partial charge in [0.2, 0.25) is 5.79 Å². The molecule has 2 aliphatic heterocycles. The first kappa shape index (κ1) is 16.2. The summed E-state index contributed by atoms with van der Waals surface area (Å²) in [5.74, 6) is 0.992. The number of anilines is 1. The van der Waals surface area contributed by atoms with Crippen LogP contribution in [0.1, 0.15) is 18.4 Å². The number of ether oxygens (including phenoxy) is 3. The van der Waals surface area contributed by atoms with E-state index in [1.807, 2.05) is 35.7 Å². The van der Waals surface area contributed by atoms with Crippen LogP contribution in [0.3, 0.4) is 0 Å². The molecule has 2 aromatic rings. The number of nitrogens with zero attached hydrogens (tertiary/aromatic N) is 1. The fourth-order valence-corrected chi connectivity index (χ4v) is 3.77.